The molecule has 0 aliphatic rings. The van der Waals surface area contributed by atoms with Crippen molar-refractivity contribution >= 4 is 27.5 Å². The van der Waals surface area contributed by atoms with Crippen molar-refractivity contribution < 1.29 is 22.7 Å². The molecule has 8 nitrogen and oxygen atoms in total. The molecule has 0 bridgehead atoms. The minimum Gasteiger partial charge on any atom is -0.497 e. The number of hydrogen-bond donors (Lipinski definition) is 1. The predicted molar refractivity (Wildman–Crippen MR) is 134 cm³/mol. The molecule has 186 valence electrons. The Hall–Kier alpha value is -3.07. The number of rotatable bonds is 11. The van der Waals surface area contributed by atoms with Gasteiger partial charge < -0.3 is 15.0 Å². The number of aryl methyl sites for hydroxylation is 1. The third-order valence-electron chi connectivity index (χ3n) is 5.36. The first kappa shape index (κ1) is 27.2. The van der Waals surface area contributed by atoms with Gasteiger partial charge >= 0.3 is 0 Å². The topological polar surface area (TPSA) is 96.0 Å². The quantitative estimate of drug-likeness (QED) is 0.524. The molecule has 0 fully saturated rings. The summed E-state index contributed by atoms with van der Waals surface area (Å²) < 4.78 is 31.3. The van der Waals surface area contributed by atoms with Gasteiger partial charge in [-0.15, -0.1) is 0 Å². The number of benzene rings is 2. The van der Waals surface area contributed by atoms with E-state index in [1.165, 1.54) is 12.0 Å². The number of nitrogens with zero attached hydrogens (tertiary/aromatic N) is 2. The Morgan fingerprint density at radius 3 is 2.09 bits per heavy atom. The van der Waals surface area contributed by atoms with Crippen molar-refractivity contribution in [2.24, 2.45) is 5.92 Å². The van der Waals surface area contributed by atoms with Gasteiger partial charge in [-0.05, 0) is 49.6 Å². The first-order valence-corrected chi connectivity index (χ1v) is 13.0. The summed E-state index contributed by atoms with van der Waals surface area (Å²) in [5.74, 6) is 0.0618. The summed E-state index contributed by atoms with van der Waals surface area (Å²) in [5, 5.41) is 2.86. The number of carbonyl (C=O) groups is 2. The van der Waals surface area contributed by atoms with Crippen molar-refractivity contribution in [3.63, 3.8) is 0 Å². The van der Waals surface area contributed by atoms with E-state index >= 15 is 0 Å². The van der Waals surface area contributed by atoms with E-state index in [-0.39, 0.29) is 18.4 Å². The maximum atomic E-state index is 13.5. The second-order valence-corrected chi connectivity index (χ2v) is 10.7. The minimum atomic E-state index is -3.77. The van der Waals surface area contributed by atoms with Crippen LogP contribution in [0.2, 0.25) is 0 Å². The van der Waals surface area contributed by atoms with Crippen LogP contribution in [0.4, 0.5) is 5.69 Å². The zero-order chi connectivity index (χ0) is 25.5. The van der Waals surface area contributed by atoms with Crippen LogP contribution < -0.4 is 14.4 Å². The Bertz CT molecular complexity index is 1070. The molecule has 2 aromatic rings. The monoisotopic (exact) mass is 489 g/mol. The van der Waals surface area contributed by atoms with Gasteiger partial charge in [0.05, 0.1) is 19.1 Å². The van der Waals surface area contributed by atoms with Crippen molar-refractivity contribution in [2.45, 2.75) is 40.3 Å². The van der Waals surface area contributed by atoms with E-state index in [9.17, 15) is 18.0 Å². The fourth-order valence-corrected chi connectivity index (χ4v) is 4.14. The Morgan fingerprint density at radius 2 is 1.59 bits per heavy atom. The van der Waals surface area contributed by atoms with E-state index in [1.54, 1.807) is 31.2 Å². The van der Waals surface area contributed by atoms with Gasteiger partial charge in [-0.1, -0.05) is 43.7 Å². The molecule has 34 heavy (non-hydrogen) atoms. The molecule has 0 spiro atoms. The molecule has 0 saturated carbocycles. The van der Waals surface area contributed by atoms with Crippen molar-refractivity contribution in [1.29, 1.82) is 0 Å². The van der Waals surface area contributed by atoms with Gasteiger partial charge in [-0.25, -0.2) is 8.42 Å². The van der Waals surface area contributed by atoms with Crippen molar-refractivity contribution in [2.75, 3.05) is 30.8 Å². The molecule has 2 amide bonds. The first-order valence-electron chi connectivity index (χ1n) is 11.2. The Morgan fingerprint density at radius 1 is 1.00 bits per heavy atom. The number of amides is 2. The molecular weight excluding hydrogens is 454 g/mol. The van der Waals surface area contributed by atoms with Crippen LogP contribution in [0, 0.1) is 12.8 Å². The lowest BCUT2D eigenvalue weighted by Gasteiger charge is -2.31. The molecule has 1 unspecified atom stereocenters. The van der Waals surface area contributed by atoms with E-state index in [2.05, 4.69) is 5.32 Å². The van der Waals surface area contributed by atoms with E-state index in [0.29, 0.717) is 18.0 Å². The van der Waals surface area contributed by atoms with Gasteiger partial charge in [0.1, 0.15) is 18.3 Å². The van der Waals surface area contributed by atoms with Crippen molar-refractivity contribution in [3.8, 4) is 5.75 Å². The first-order chi connectivity index (χ1) is 15.9. The summed E-state index contributed by atoms with van der Waals surface area (Å²) in [6.07, 6.45) is 1.05. The number of ether oxygens (including phenoxy) is 1. The summed E-state index contributed by atoms with van der Waals surface area (Å²) in [6.45, 7) is 7.82. The summed E-state index contributed by atoms with van der Waals surface area (Å²) in [6, 6.07) is 13.3. The van der Waals surface area contributed by atoms with Crippen molar-refractivity contribution in [3.05, 3.63) is 59.7 Å². The fourth-order valence-electron chi connectivity index (χ4n) is 3.29. The van der Waals surface area contributed by atoms with Crippen molar-refractivity contribution in [1.82, 2.24) is 10.2 Å². The molecule has 0 aromatic heterocycles. The Kier molecular flexibility index (Phi) is 9.49. The molecule has 0 saturated heterocycles. The highest BCUT2D eigenvalue weighted by atomic mass is 32.2. The SMILES string of the molecule is COc1ccc(N(CC(=O)N(Cc2ccc(C)cc2)C(C)C(=O)NCC(C)C)S(C)(=O)=O)cc1. The average molecular weight is 490 g/mol. The van der Waals surface area contributed by atoms with Crippen LogP contribution in [0.3, 0.4) is 0 Å². The standard InChI is InChI=1S/C25H35N3O5S/c1-18(2)15-26-25(30)20(4)27(16-21-9-7-19(3)8-10-21)24(29)17-28(34(6,31)32)22-11-13-23(33-5)14-12-22/h7-14,18,20H,15-17H2,1-6H3,(H,26,30). The highest BCUT2D eigenvalue weighted by Crippen LogP contribution is 2.22. The van der Waals surface area contributed by atoms with E-state index in [1.807, 2.05) is 45.0 Å². The number of methoxy groups -OCH3 is 1. The molecule has 1 N–H and O–H groups in total. The molecule has 0 heterocycles. The van der Waals surface area contributed by atoms with Gasteiger partial charge in [0.25, 0.3) is 0 Å². The van der Waals surface area contributed by atoms with Gasteiger partial charge in [-0.2, -0.15) is 0 Å². The van der Waals surface area contributed by atoms with Gasteiger partial charge in [0, 0.05) is 13.1 Å². The number of anilines is 1. The minimum absolute atomic E-state index is 0.176. The Balaban J connectivity index is 2.34. The highest BCUT2D eigenvalue weighted by Gasteiger charge is 2.30. The summed E-state index contributed by atoms with van der Waals surface area (Å²) in [4.78, 5) is 27.7. The third kappa shape index (κ3) is 7.76. The number of hydrogen-bond acceptors (Lipinski definition) is 5. The number of nitrogens with one attached hydrogen (secondary N) is 1. The molecule has 2 aromatic carbocycles. The van der Waals surface area contributed by atoms with Crippen LogP contribution in [-0.4, -0.2) is 57.6 Å². The summed E-state index contributed by atoms with van der Waals surface area (Å²) in [7, 11) is -2.25. The van der Waals surface area contributed by atoms with Crippen LogP contribution >= 0.6 is 0 Å². The largest absolute Gasteiger partial charge is 0.497 e. The van der Waals surface area contributed by atoms with Gasteiger partial charge in [0.15, 0.2) is 0 Å². The van der Waals surface area contributed by atoms with Gasteiger partial charge in [0.2, 0.25) is 21.8 Å². The number of sulfonamides is 1. The summed E-state index contributed by atoms with van der Waals surface area (Å²) >= 11 is 0. The summed E-state index contributed by atoms with van der Waals surface area (Å²) in [5.41, 5.74) is 2.26. The molecule has 2 rings (SSSR count). The van der Waals surface area contributed by atoms with E-state index in [4.69, 9.17) is 4.74 Å². The van der Waals surface area contributed by atoms with Crippen LogP contribution in [0.5, 0.6) is 5.75 Å². The Labute approximate surface area is 202 Å². The lowest BCUT2D eigenvalue weighted by atomic mass is 10.1. The molecule has 0 aliphatic carbocycles. The van der Waals surface area contributed by atoms with E-state index < -0.39 is 28.5 Å². The maximum Gasteiger partial charge on any atom is 0.244 e. The maximum absolute atomic E-state index is 13.5. The smallest absolute Gasteiger partial charge is 0.244 e. The van der Waals surface area contributed by atoms with Crippen LogP contribution in [0.15, 0.2) is 48.5 Å². The molecule has 1 atom stereocenters. The average Bonchev–Trinajstić information content (AvgIpc) is 2.79. The molecule has 0 radical (unpaired) electrons. The number of carbonyl (C=O) groups excluding carboxylic acids is 2. The second-order valence-electron chi connectivity index (χ2n) is 8.79. The lowest BCUT2D eigenvalue weighted by molar-refractivity contribution is -0.139. The zero-order valence-electron chi connectivity index (χ0n) is 20.7. The molecule has 9 heteroatoms. The predicted octanol–water partition coefficient (Wildman–Crippen LogP) is 2.96. The lowest BCUT2D eigenvalue weighted by Crippen LogP contribution is -2.51. The normalized spacial score (nSPS) is 12.2. The second kappa shape index (κ2) is 11.9. The van der Waals surface area contributed by atoms with E-state index in [0.717, 1.165) is 21.7 Å². The van der Waals surface area contributed by atoms with Gasteiger partial charge in [-0.3, -0.25) is 13.9 Å². The third-order valence-corrected chi connectivity index (χ3v) is 6.51. The molecule has 0 aliphatic heterocycles. The highest BCUT2D eigenvalue weighted by molar-refractivity contribution is 7.92. The fraction of sp³-hybridized carbons (Fsp3) is 0.440. The zero-order valence-corrected chi connectivity index (χ0v) is 21.6. The van der Waals surface area contributed by atoms with Crippen LogP contribution in [0.1, 0.15) is 31.9 Å². The van der Waals surface area contributed by atoms with Crippen LogP contribution in [0.25, 0.3) is 0 Å². The van der Waals surface area contributed by atoms with Crippen LogP contribution in [-0.2, 0) is 26.2 Å². The molecular formula is C25H35N3O5S.